The van der Waals surface area contributed by atoms with Gasteiger partial charge in [0.15, 0.2) is 0 Å². The molecule has 1 atom stereocenters. The molecule has 1 heterocycles. The number of ether oxygens (including phenoxy) is 2. The summed E-state index contributed by atoms with van der Waals surface area (Å²) in [7, 11) is 1.55. The molecule has 0 saturated heterocycles. The highest BCUT2D eigenvalue weighted by atomic mass is 35.5. The quantitative estimate of drug-likeness (QED) is 0.181. The summed E-state index contributed by atoms with van der Waals surface area (Å²) < 4.78 is 48.8. The molecule has 0 bridgehead atoms. The SMILES string of the molecule is COc1ccc(-c2ccc(OC(F)(F)F)cc2)cc1CN(C(=O)c1sc2ccccc2c1Cl)C1CCC(C(NC(=O)O)C(C)(C)C)CC1. The second-order valence-electron chi connectivity index (χ2n) is 13.1. The van der Waals surface area contributed by atoms with Crippen LogP contribution in [-0.4, -0.2) is 47.6 Å². The van der Waals surface area contributed by atoms with Crippen LogP contribution in [-0.2, 0) is 6.54 Å². The van der Waals surface area contributed by atoms with Gasteiger partial charge in [0, 0.05) is 34.3 Å². The highest BCUT2D eigenvalue weighted by Gasteiger charge is 2.39. The van der Waals surface area contributed by atoms with Gasteiger partial charge in [-0.3, -0.25) is 4.79 Å². The van der Waals surface area contributed by atoms with E-state index in [0.717, 1.165) is 34.1 Å². The first-order valence-electron chi connectivity index (χ1n) is 15.6. The molecule has 1 aliphatic carbocycles. The Morgan fingerprint density at radius 3 is 2.23 bits per heavy atom. The molecule has 3 aromatic carbocycles. The Balaban J connectivity index is 1.47. The molecule has 256 valence electrons. The van der Waals surface area contributed by atoms with Gasteiger partial charge < -0.3 is 24.8 Å². The molecule has 48 heavy (non-hydrogen) atoms. The Labute approximate surface area is 286 Å². The molecule has 2 amide bonds. The first-order valence-corrected chi connectivity index (χ1v) is 16.8. The van der Waals surface area contributed by atoms with E-state index in [0.29, 0.717) is 34.1 Å². The molecule has 12 heteroatoms. The first kappa shape index (κ1) is 35.3. The van der Waals surface area contributed by atoms with Crippen molar-refractivity contribution >= 4 is 45.0 Å². The standard InChI is InChI=1S/C36H38ClF3N2O5S/c1-35(2,3)32(41-34(44)45)22-9-14-25(15-10-22)42(33(43)31-30(37)27-7-5-6-8-29(27)48-31)20-24-19-23(13-18-28(24)46-4)21-11-16-26(17-12-21)47-36(38,39)40/h5-8,11-13,16-19,22,25,32,41H,9-10,14-15,20H2,1-4H3,(H,44,45). The lowest BCUT2D eigenvalue weighted by molar-refractivity contribution is -0.274. The number of hydrogen-bond donors (Lipinski definition) is 2. The third-order valence-corrected chi connectivity index (χ3v) is 10.6. The summed E-state index contributed by atoms with van der Waals surface area (Å²) in [6, 6.07) is 18.3. The summed E-state index contributed by atoms with van der Waals surface area (Å²) in [6.45, 7) is 6.26. The van der Waals surface area contributed by atoms with Gasteiger partial charge in [0.1, 0.15) is 16.4 Å². The fourth-order valence-corrected chi connectivity index (χ4v) is 8.15. The van der Waals surface area contributed by atoms with Crippen molar-refractivity contribution in [1.82, 2.24) is 10.2 Å². The molecule has 1 aliphatic rings. The lowest BCUT2D eigenvalue weighted by Gasteiger charge is -2.43. The molecule has 5 rings (SSSR count). The van der Waals surface area contributed by atoms with Crippen LogP contribution >= 0.6 is 22.9 Å². The highest BCUT2D eigenvalue weighted by molar-refractivity contribution is 7.21. The molecule has 2 N–H and O–H groups in total. The summed E-state index contributed by atoms with van der Waals surface area (Å²) >= 11 is 8.16. The number of carbonyl (C=O) groups is 2. The van der Waals surface area contributed by atoms with Crippen LogP contribution in [0.4, 0.5) is 18.0 Å². The summed E-state index contributed by atoms with van der Waals surface area (Å²) in [6.07, 6.45) is -3.07. The minimum Gasteiger partial charge on any atom is -0.496 e. The van der Waals surface area contributed by atoms with E-state index in [2.05, 4.69) is 10.1 Å². The number of carboxylic acid groups (broad SMARTS) is 1. The van der Waals surface area contributed by atoms with Crippen molar-refractivity contribution in [3.8, 4) is 22.6 Å². The molecule has 0 aliphatic heterocycles. The maximum Gasteiger partial charge on any atom is 0.573 e. The molecule has 4 aromatic rings. The number of thiophene rings is 1. The molecule has 0 spiro atoms. The lowest BCUT2D eigenvalue weighted by atomic mass is 9.72. The second-order valence-corrected chi connectivity index (χ2v) is 14.6. The number of hydrogen-bond acceptors (Lipinski definition) is 5. The molecule has 1 saturated carbocycles. The van der Waals surface area contributed by atoms with Crippen LogP contribution in [0, 0.1) is 11.3 Å². The fraction of sp³-hybridized carbons (Fsp3) is 0.389. The van der Waals surface area contributed by atoms with Crippen molar-refractivity contribution in [1.29, 1.82) is 0 Å². The molecule has 0 radical (unpaired) electrons. The van der Waals surface area contributed by atoms with Crippen molar-refractivity contribution in [3.63, 3.8) is 0 Å². The number of carbonyl (C=O) groups excluding carboxylic acids is 1. The molecule has 1 aromatic heterocycles. The van der Waals surface area contributed by atoms with Crippen LogP contribution in [0.3, 0.4) is 0 Å². The Bertz CT molecular complexity index is 1760. The lowest BCUT2D eigenvalue weighted by Crippen LogP contribution is -2.50. The average Bonchev–Trinajstić information content (AvgIpc) is 3.37. The van der Waals surface area contributed by atoms with Gasteiger partial charge in [-0.15, -0.1) is 24.5 Å². The third kappa shape index (κ3) is 8.18. The summed E-state index contributed by atoms with van der Waals surface area (Å²) in [5.74, 6) is 0.133. The number of amides is 2. The van der Waals surface area contributed by atoms with E-state index in [1.54, 1.807) is 25.3 Å². The Morgan fingerprint density at radius 1 is 1.00 bits per heavy atom. The number of benzene rings is 3. The fourth-order valence-electron chi connectivity index (χ4n) is 6.68. The number of methoxy groups -OCH3 is 1. The van der Waals surface area contributed by atoms with E-state index in [1.165, 1.54) is 23.5 Å². The highest BCUT2D eigenvalue weighted by Crippen LogP contribution is 2.41. The maximum atomic E-state index is 14.5. The Kier molecular flexibility index (Phi) is 10.5. The van der Waals surface area contributed by atoms with E-state index < -0.39 is 12.5 Å². The van der Waals surface area contributed by atoms with Crippen molar-refractivity contribution in [3.05, 3.63) is 82.2 Å². The summed E-state index contributed by atoms with van der Waals surface area (Å²) in [5.41, 5.74) is 1.83. The van der Waals surface area contributed by atoms with Gasteiger partial charge in [0.2, 0.25) is 0 Å². The van der Waals surface area contributed by atoms with Crippen LogP contribution in [0.25, 0.3) is 21.2 Å². The van der Waals surface area contributed by atoms with E-state index in [1.807, 2.05) is 62.1 Å². The predicted octanol–water partition coefficient (Wildman–Crippen LogP) is 10.0. The largest absolute Gasteiger partial charge is 0.573 e. The molecule has 7 nitrogen and oxygen atoms in total. The average molecular weight is 703 g/mol. The van der Waals surface area contributed by atoms with Gasteiger partial charge in [-0.25, -0.2) is 4.79 Å². The minimum atomic E-state index is -4.79. The minimum absolute atomic E-state index is 0.101. The van der Waals surface area contributed by atoms with Crippen LogP contribution in [0.15, 0.2) is 66.7 Å². The van der Waals surface area contributed by atoms with E-state index in [9.17, 15) is 27.9 Å². The number of nitrogens with one attached hydrogen (secondary N) is 1. The number of alkyl halides is 3. The van der Waals surface area contributed by atoms with E-state index in [4.69, 9.17) is 16.3 Å². The van der Waals surface area contributed by atoms with E-state index >= 15 is 0 Å². The number of halogens is 4. The van der Waals surface area contributed by atoms with Gasteiger partial charge in [0.25, 0.3) is 5.91 Å². The van der Waals surface area contributed by atoms with Gasteiger partial charge in [-0.2, -0.15) is 0 Å². The zero-order valence-electron chi connectivity index (χ0n) is 27.1. The number of nitrogens with zero attached hydrogens (tertiary/aromatic N) is 1. The normalized spacial score (nSPS) is 17.5. The Morgan fingerprint density at radius 2 is 1.65 bits per heavy atom. The smallest absolute Gasteiger partial charge is 0.496 e. The second kappa shape index (κ2) is 14.3. The van der Waals surface area contributed by atoms with E-state index in [-0.39, 0.29) is 41.6 Å². The zero-order chi connectivity index (χ0) is 34.8. The zero-order valence-corrected chi connectivity index (χ0v) is 28.6. The van der Waals surface area contributed by atoms with Gasteiger partial charge in [-0.05, 0) is 78.5 Å². The van der Waals surface area contributed by atoms with Crippen molar-refractivity contribution in [2.75, 3.05) is 7.11 Å². The summed E-state index contributed by atoms with van der Waals surface area (Å²) in [5, 5.41) is 13.5. The maximum absolute atomic E-state index is 14.5. The molecular weight excluding hydrogens is 665 g/mol. The van der Waals surface area contributed by atoms with Crippen molar-refractivity contribution in [2.24, 2.45) is 11.3 Å². The van der Waals surface area contributed by atoms with Gasteiger partial charge >= 0.3 is 12.5 Å². The van der Waals surface area contributed by atoms with Crippen LogP contribution in [0.1, 0.15) is 61.7 Å². The topological polar surface area (TPSA) is 88.1 Å². The molecule has 1 unspecified atom stereocenters. The monoisotopic (exact) mass is 702 g/mol. The molecular formula is C36H38ClF3N2O5S. The Hall–Kier alpha value is -3.96. The summed E-state index contributed by atoms with van der Waals surface area (Å²) in [4.78, 5) is 28.4. The first-order chi connectivity index (χ1) is 22.6. The number of fused-ring (bicyclic) bond motifs is 1. The predicted molar refractivity (Wildman–Crippen MR) is 182 cm³/mol. The number of rotatable bonds is 9. The van der Waals surface area contributed by atoms with Gasteiger partial charge in [0.05, 0.1) is 12.1 Å². The van der Waals surface area contributed by atoms with Gasteiger partial charge in [-0.1, -0.05) is 68.8 Å². The van der Waals surface area contributed by atoms with Crippen molar-refractivity contribution in [2.45, 2.75) is 71.4 Å². The van der Waals surface area contributed by atoms with Crippen molar-refractivity contribution < 1.29 is 37.3 Å². The van der Waals surface area contributed by atoms with Crippen LogP contribution < -0.4 is 14.8 Å². The molecule has 1 fully saturated rings. The third-order valence-electron chi connectivity index (χ3n) is 8.90. The van der Waals surface area contributed by atoms with Crippen LogP contribution in [0.2, 0.25) is 5.02 Å². The van der Waals surface area contributed by atoms with Crippen LogP contribution in [0.5, 0.6) is 11.5 Å².